The molecular weight excluding hydrogens is 268 g/mol. The third-order valence-electron chi connectivity index (χ3n) is 4.89. The zero-order valence-corrected chi connectivity index (χ0v) is 12.1. The Balaban J connectivity index is 1.43. The van der Waals surface area contributed by atoms with Crippen LogP contribution in [0.4, 0.5) is 0 Å². The minimum absolute atomic E-state index is 0.0221. The minimum atomic E-state index is -0.0221. The van der Waals surface area contributed by atoms with Crippen LogP contribution >= 0.6 is 0 Å². The highest BCUT2D eigenvalue weighted by Crippen LogP contribution is 2.35. The van der Waals surface area contributed by atoms with Crippen molar-refractivity contribution in [2.24, 2.45) is 5.92 Å². The van der Waals surface area contributed by atoms with E-state index in [4.69, 9.17) is 9.47 Å². The molecule has 1 aromatic carbocycles. The first-order valence-electron chi connectivity index (χ1n) is 7.66. The first-order valence-corrected chi connectivity index (χ1v) is 7.66. The van der Waals surface area contributed by atoms with Crippen molar-refractivity contribution in [1.82, 2.24) is 10.6 Å². The number of nitrogens with one attached hydrogen (secondary N) is 2. The van der Waals surface area contributed by atoms with Crippen LogP contribution in [0.5, 0.6) is 11.5 Å². The third kappa shape index (κ3) is 2.25. The van der Waals surface area contributed by atoms with E-state index in [0.717, 1.165) is 29.9 Å². The summed E-state index contributed by atoms with van der Waals surface area (Å²) in [5.41, 5.74) is 1.05. The maximum atomic E-state index is 12.4. The average molecular weight is 288 g/mol. The highest BCUT2D eigenvalue weighted by molar-refractivity contribution is 5.80. The molecule has 3 aliphatic heterocycles. The molecule has 5 nitrogen and oxygen atoms in total. The lowest BCUT2D eigenvalue weighted by Gasteiger charge is -2.22. The van der Waals surface area contributed by atoms with Crippen LogP contribution in [0.1, 0.15) is 37.8 Å². The second-order valence-electron chi connectivity index (χ2n) is 6.23. The number of fused-ring (bicyclic) bond motifs is 3. The Morgan fingerprint density at radius 2 is 2.19 bits per heavy atom. The highest BCUT2D eigenvalue weighted by atomic mass is 16.7. The molecule has 1 amide bonds. The van der Waals surface area contributed by atoms with Gasteiger partial charge in [0.2, 0.25) is 12.7 Å². The smallest absolute Gasteiger partial charge is 0.231 e. The molecule has 2 fully saturated rings. The maximum absolute atomic E-state index is 12.4. The van der Waals surface area contributed by atoms with Gasteiger partial charge < -0.3 is 20.1 Å². The standard InChI is InChI=1S/C16H20N2O3/c1-9(10-2-5-14-15(6-10)21-8-20-14)17-16(19)12-7-11-3-4-13(12)18-11/h2,5-6,9,11-13,18H,3-4,7-8H2,1H3,(H,17,19). The zero-order chi connectivity index (χ0) is 14.4. The summed E-state index contributed by atoms with van der Waals surface area (Å²) in [4.78, 5) is 12.4. The molecule has 2 bridgehead atoms. The van der Waals surface area contributed by atoms with E-state index in [1.54, 1.807) is 0 Å². The Kier molecular flexibility index (Phi) is 3.03. The second kappa shape index (κ2) is 4.91. The molecule has 4 atom stereocenters. The SMILES string of the molecule is CC(NC(=O)C1CC2CCC1N2)c1ccc2c(c1)OCO2. The summed E-state index contributed by atoms with van der Waals surface area (Å²) in [5.74, 6) is 1.82. The molecule has 0 aromatic heterocycles. The summed E-state index contributed by atoms with van der Waals surface area (Å²) in [6, 6.07) is 6.74. The molecule has 21 heavy (non-hydrogen) atoms. The number of rotatable bonds is 3. The lowest BCUT2D eigenvalue weighted by Crippen LogP contribution is -2.38. The van der Waals surface area contributed by atoms with E-state index in [1.165, 1.54) is 6.42 Å². The molecule has 0 saturated carbocycles. The third-order valence-corrected chi connectivity index (χ3v) is 4.89. The van der Waals surface area contributed by atoms with Crippen LogP contribution in [0.25, 0.3) is 0 Å². The fraction of sp³-hybridized carbons (Fsp3) is 0.562. The zero-order valence-electron chi connectivity index (χ0n) is 12.1. The van der Waals surface area contributed by atoms with Crippen molar-refractivity contribution >= 4 is 5.91 Å². The van der Waals surface area contributed by atoms with Crippen LogP contribution in [0.15, 0.2) is 18.2 Å². The van der Waals surface area contributed by atoms with E-state index in [2.05, 4.69) is 10.6 Å². The molecule has 4 unspecified atom stereocenters. The van der Waals surface area contributed by atoms with Crippen molar-refractivity contribution in [3.8, 4) is 11.5 Å². The van der Waals surface area contributed by atoms with E-state index in [9.17, 15) is 4.79 Å². The highest BCUT2D eigenvalue weighted by Gasteiger charge is 2.42. The predicted molar refractivity (Wildman–Crippen MR) is 77.2 cm³/mol. The van der Waals surface area contributed by atoms with Crippen LogP contribution in [0.3, 0.4) is 0 Å². The number of amides is 1. The number of benzene rings is 1. The van der Waals surface area contributed by atoms with Crippen molar-refractivity contribution in [3.05, 3.63) is 23.8 Å². The molecule has 2 N–H and O–H groups in total. The Hall–Kier alpha value is -1.75. The van der Waals surface area contributed by atoms with E-state index in [0.29, 0.717) is 12.1 Å². The van der Waals surface area contributed by atoms with Gasteiger partial charge in [-0.2, -0.15) is 0 Å². The molecule has 5 heteroatoms. The van der Waals surface area contributed by atoms with Gasteiger partial charge in [-0.25, -0.2) is 0 Å². The van der Waals surface area contributed by atoms with Crippen molar-refractivity contribution in [1.29, 1.82) is 0 Å². The summed E-state index contributed by atoms with van der Waals surface area (Å²) in [6.07, 6.45) is 3.32. The van der Waals surface area contributed by atoms with E-state index in [-0.39, 0.29) is 24.7 Å². The lowest BCUT2D eigenvalue weighted by molar-refractivity contribution is -0.126. The fourth-order valence-electron chi connectivity index (χ4n) is 3.70. The molecule has 2 saturated heterocycles. The lowest BCUT2D eigenvalue weighted by atomic mass is 9.88. The van der Waals surface area contributed by atoms with Gasteiger partial charge in [0, 0.05) is 12.1 Å². The number of hydrogen-bond acceptors (Lipinski definition) is 4. The number of carbonyl (C=O) groups excluding carboxylic acids is 1. The minimum Gasteiger partial charge on any atom is -0.454 e. The van der Waals surface area contributed by atoms with Gasteiger partial charge in [0.1, 0.15) is 0 Å². The predicted octanol–water partition coefficient (Wildman–Crippen LogP) is 1.73. The van der Waals surface area contributed by atoms with Crippen LogP contribution in [-0.2, 0) is 4.79 Å². The largest absolute Gasteiger partial charge is 0.454 e. The average Bonchev–Trinajstić information content (AvgIpc) is 3.21. The molecule has 3 aliphatic rings. The van der Waals surface area contributed by atoms with Gasteiger partial charge in [0.25, 0.3) is 0 Å². The van der Waals surface area contributed by atoms with E-state index < -0.39 is 0 Å². The van der Waals surface area contributed by atoms with E-state index in [1.807, 2.05) is 25.1 Å². The Labute approximate surface area is 124 Å². The molecular formula is C16H20N2O3. The molecule has 3 heterocycles. The number of carbonyl (C=O) groups is 1. The molecule has 4 rings (SSSR count). The van der Waals surface area contributed by atoms with Gasteiger partial charge in [-0.3, -0.25) is 4.79 Å². The second-order valence-corrected chi connectivity index (χ2v) is 6.23. The fourth-order valence-corrected chi connectivity index (χ4v) is 3.70. The Bertz CT molecular complexity index is 575. The molecule has 0 aliphatic carbocycles. The maximum Gasteiger partial charge on any atom is 0.231 e. The van der Waals surface area contributed by atoms with Gasteiger partial charge in [-0.05, 0) is 43.9 Å². The van der Waals surface area contributed by atoms with Gasteiger partial charge in [-0.1, -0.05) is 6.07 Å². The van der Waals surface area contributed by atoms with Crippen LogP contribution in [0.2, 0.25) is 0 Å². The van der Waals surface area contributed by atoms with Crippen molar-refractivity contribution in [2.75, 3.05) is 6.79 Å². The first-order chi connectivity index (χ1) is 10.2. The van der Waals surface area contributed by atoms with E-state index >= 15 is 0 Å². The van der Waals surface area contributed by atoms with Crippen molar-refractivity contribution in [3.63, 3.8) is 0 Å². The summed E-state index contributed by atoms with van der Waals surface area (Å²) in [6.45, 7) is 2.28. The summed E-state index contributed by atoms with van der Waals surface area (Å²) in [5, 5.41) is 6.65. The van der Waals surface area contributed by atoms with Crippen LogP contribution in [-0.4, -0.2) is 24.8 Å². The molecule has 0 spiro atoms. The normalized spacial score (nSPS) is 30.4. The summed E-state index contributed by atoms with van der Waals surface area (Å²) < 4.78 is 10.7. The van der Waals surface area contributed by atoms with Gasteiger partial charge >= 0.3 is 0 Å². The quantitative estimate of drug-likeness (QED) is 0.889. The van der Waals surface area contributed by atoms with Crippen LogP contribution < -0.4 is 20.1 Å². The number of ether oxygens (including phenoxy) is 2. The van der Waals surface area contributed by atoms with Crippen molar-refractivity contribution in [2.45, 2.75) is 44.3 Å². The van der Waals surface area contributed by atoms with Crippen molar-refractivity contribution < 1.29 is 14.3 Å². The Morgan fingerprint density at radius 1 is 1.33 bits per heavy atom. The Morgan fingerprint density at radius 3 is 2.95 bits per heavy atom. The summed E-state index contributed by atoms with van der Waals surface area (Å²) in [7, 11) is 0. The monoisotopic (exact) mass is 288 g/mol. The van der Waals surface area contributed by atoms with Gasteiger partial charge in [-0.15, -0.1) is 0 Å². The molecule has 1 aromatic rings. The van der Waals surface area contributed by atoms with Crippen LogP contribution in [0, 0.1) is 5.92 Å². The van der Waals surface area contributed by atoms with Gasteiger partial charge in [0.05, 0.1) is 12.0 Å². The molecule has 0 radical (unpaired) electrons. The number of hydrogen-bond donors (Lipinski definition) is 2. The van der Waals surface area contributed by atoms with Gasteiger partial charge in [0.15, 0.2) is 11.5 Å². The summed E-state index contributed by atoms with van der Waals surface area (Å²) >= 11 is 0. The first kappa shape index (κ1) is 13.0. The topological polar surface area (TPSA) is 59.6 Å². The molecule has 112 valence electrons.